The van der Waals surface area contributed by atoms with Crippen molar-refractivity contribution in [2.45, 2.75) is 5.41 Å². The van der Waals surface area contributed by atoms with Crippen LogP contribution in [0.5, 0.6) is 0 Å². The van der Waals surface area contributed by atoms with Crippen molar-refractivity contribution in [2.75, 3.05) is 4.90 Å². The Kier molecular flexibility index (Phi) is 8.28. The quantitative estimate of drug-likeness (QED) is 0.166. The zero-order valence-corrected chi connectivity index (χ0v) is 38.1. The first-order valence-electron chi connectivity index (χ1n) is 24.2. The number of hydrogen-bond acceptors (Lipinski definition) is 2. The number of furan rings is 1. The number of benzene rings is 11. The van der Waals surface area contributed by atoms with Crippen LogP contribution in [0.4, 0.5) is 17.1 Å². The van der Waals surface area contributed by atoms with E-state index in [1.54, 1.807) is 0 Å². The Morgan fingerprint density at radius 3 is 1.49 bits per heavy atom. The minimum absolute atomic E-state index is 0.462. The van der Waals surface area contributed by atoms with Crippen LogP contribution in [0, 0.1) is 0 Å². The normalized spacial score (nSPS) is 13.0. The third-order valence-electron chi connectivity index (χ3n) is 15.2. The van der Waals surface area contributed by atoms with E-state index in [-0.39, 0.29) is 0 Å². The highest BCUT2D eigenvalue weighted by molar-refractivity contribution is 6.20. The van der Waals surface area contributed by atoms with Crippen molar-refractivity contribution < 1.29 is 4.42 Å². The molecule has 70 heavy (non-hydrogen) atoms. The van der Waals surface area contributed by atoms with Crippen LogP contribution in [0.2, 0.25) is 0 Å². The van der Waals surface area contributed by atoms with Crippen LogP contribution in [0.3, 0.4) is 0 Å². The molecular weight excluding hydrogens is 849 g/mol. The van der Waals surface area contributed by atoms with Crippen molar-refractivity contribution in [2.24, 2.45) is 0 Å². The summed E-state index contributed by atoms with van der Waals surface area (Å²) in [5.74, 6) is 0. The molecule has 0 saturated heterocycles. The van der Waals surface area contributed by atoms with Crippen molar-refractivity contribution in [3.05, 3.63) is 277 Å². The van der Waals surface area contributed by atoms with Crippen LogP contribution >= 0.6 is 0 Å². The lowest BCUT2D eigenvalue weighted by Crippen LogP contribution is -2.25. The molecule has 15 rings (SSSR count). The predicted molar refractivity (Wildman–Crippen MR) is 290 cm³/mol. The van der Waals surface area contributed by atoms with E-state index < -0.39 is 5.41 Å². The molecular formula is C67H42N2O. The van der Waals surface area contributed by atoms with Gasteiger partial charge in [-0.05, 0) is 146 Å². The van der Waals surface area contributed by atoms with E-state index in [0.29, 0.717) is 0 Å². The molecule has 2 aliphatic rings. The molecule has 0 aliphatic heterocycles. The monoisotopic (exact) mass is 890 g/mol. The molecule has 3 nitrogen and oxygen atoms in total. The Morgan fingerprint density at radius 1 is 0.329 bits per heavy atom. The highest BCUT2D eigenvalue weighted by atomic mass is 16.3. The van der Waals surface area contributed by atoms with Gasteiger partial charge in [-0.3, -0.25) is 0 Å². The first-order valence-corrected chi connectivity index (χ1v) is 24.2. The average Bonchev–Trinajstić information content (AvgIpc) is 4.15. The molecule has 2 heterocycles. The van der Waals surface area contributed by atoms with Gasteiger partial charge in [0, 0.05) is 44.3 Å². The Balaban J connectivity index is 1.00. The van der Waals surface area contributed by atoms with Gasteiger partial charge >= 0.3 is 0 Å². The molecule has 0 N–H and O–H groups in total. The number of para-hydroxylation sites is 1. The predicted octanol–water partition coefficient (Wildman–Crippen LogP) is 17.8. The summed E-state index contributed by atoms with van der Waals surface area (Å²) in [6.07, 6.45) is 0. The largest absolute Gasteiger partial charge is 0.456 e. The molecule has 3 heteroatoms. The van der Waals surface area contributed by atoms with Crippen molar-refractivity contribution in [3.63, 3.8) is 0 Å². The Labute approximate surface area is 405 Å². The second-order valence-electron chi connectivity index (χ2n) is 18.7. The van der Waals surface area contributed by atoms with Crippen LogP contribution in [-0.4, -0.2) is 4.57 Å². The van der Waals surface area contributed by atoms with Gasteiger partial charge in [0.25, 0.3) is 0 Å². The van der Waals surface area contributed by atoms with Crippen LogP contribution in [0.1, 0.15) is 22.3 Å². The molecule has 0 bridgehead atoms. The van der Waals surface area contributed by atoms with E-state index in [0.717, 1.165) is 55.8 Å². The molecule has 0 atom stereocenters. The number of nitrogens with zero attached hydrogens (tertiary/aromatic N) is 2. The molecule has 13 aromatic rings. The number of aromatic nitrogens is 1. The van der Waals surface area contributed by atoms with Crippen LogP contribution < -0.4 is 4.90 Å². The summed E-state index contributed by atoms with van der Waals surface area (Å²) >= 11 is 0. The summed E-state index contributed by atoms with van der Waals surface area (Å²) in [7, 11) is 0. The van der Waals surface area contributed by atoms with Gasteiger partial charge < -0.3 is 13.9 Å². The summed E-state index contributed by atoms with van der Waals surface area (Å²) in [5, 5.41) is 4.64. The van der Waals surface area contributed by atoms with E-state index >= 15 is 0 Å². The fraction of sp³-hybridized carbons (Fsp3) is 0.0149. The number of hydrogen-bond donors (Lipinski definition) is 0. The molecule has 0 fully saturated rings. The first-order chi connectivity index (χ1) is 34.7. The van der Waals surface area contributed by atoms with Crippen LogP contribution in [0.25, 0.3) is 93.9 Å². The molecule has 0 unspecified atom stereocenters. The lowest BCUT2D eigenvalue weighted by atomic mass is 9.70. The molecule has 0 radical (unpaired) electrons. The highest BCUT2D eigenvalue weighted by Crippen LogP contribution is 2.64. The minimum atomic E-state index is -0.462. The van der Waals surface area contributed by atoms with Gasteiger partial charge in [0.05, 0.1) is 16.4 Å². The van der Waals surface area contributed by atoms with Crippen molar-refractivity contribution in [1.29, 1.82) is 0 Å². The Morgan fingerprint density at radius 2 is 0.814 bits per heavy atom. The zero-order valence-electron chi connectivity index (χ0n) is 38.1. The lowest BCUT2D eigenvalue weighted by molar-refractivity contribution is 0.669. The van der Waals surface area contributed by atoms with E-state index in [4.69, 9.17) is 4.42 Å². The molecule has 1 spiro atoms. The van der Waals surface area contributed by atoms with Crippen LogP contribution in [-0.2, 0) is 5.41 Å². The molecule has 11 aromatic carbocycles. The van der Waals surface area contributed by atoms with E-state index in [9.17, 15) is 0 Å². The third-order valence-corrected chi connectivity index (χ3v) is 15.2. The number of anilines is 3. The Bertz CT molecular complexity index is 4180. The van der Waals surface area contributed by atoms with Gasteiger partial charge in [0.15, 0.2) is 0 Å². The maximum Gasteiger partial charge on any atom is 0.135 e. The van der Waals surface area contributed by atoms with Crippen molar-refractivity contribution in [3.8, 4) is 50.2 Å². The van der Waals surface area contributed by atoms with Gasteiger partial charge in [-0.15, -0.1) is 0 Å². The highest BCUT2D eigenvalue weighted by Gasteiger charge is 2.52. The Hall–Kier alpha value is -9.18. The average molecular weight is 891 g/mol. The molecule has 2 aromatic heterocycles. The second kappa shape index (κ2) is 14.9. The van der Waals surface area contributed by atoms with Crippen molar-refractivity contribution >= 4 is 60.8 Å². The van der Waals surface area contributed by atoms with Gasteiger partial charge in [0.1, 0.15) is 11.2 Å². The number of fused-ring (bicyclic) bond motifs is 17. The van der Waals surface area contributed by atoms with Crippen molar-refractivity contribution in [1.82, 2.24) is 4.57 Å². The molecule has 2 aliphatic carbocycles. The lowest BCUT2D eigenvalue weighted by Gasteiger charge is -2.30. The van der Waals surface area contributed by atoms with E-state index in [1.165, 1.54) is 77.5 Å². The fourth-order valence-electron chi connectivity index (χ4n) is 12.3. The standard InChI is InChI=1S/C67H42N2O/c1-4-16-43(17-5-1)45-28-31-48(32-29-45)69-61-36-33-49(68(47-20-8-3-9-21-47)50-34-39-64-55(41-50)54-40-46(30-38-63(54)70-64)44-18-6-2-7-19-44)42-56(61)66-62(69)37-35-60-65(66)53-24-12-15-27-59(53)67(60)57-25-13-10-22-51(57)52-23-11-14-26-58(52)67/h1-42H. The summed E-state index contributed by atoms with van der Waals surface area (Å²) in [4.78, 5) is 2.40. The first kappa shape index (κ1) is 38.9. The summed E-state index contributed by atoms with van der Waals surface area (Å²) < 4.78 is 8.99. The smallest absolute Gasteiger partial charge is 0.135 e. The fourth-order valence-corrected chi connectivity index (χ4v) is 12.3. The van der Waals surface area contributed by atoms with Gasteiger partial charge in [-0.25, -0.2) is 0 Å². The summed E-state index contributed by atoms with van der Waals surface area (Å²) in [5.41, 5.74) is 23.2. The summed E-state index contributed by atoms with van der Waals surface area (Å²) in [6.45, 7) is 0. The minimum Gasteiger partial charge on any atom is -0.456 e. The SMILES string of the molecule is c1ccc(-c2ccc(-n3c4ccc(N(c5ccccc5)c5ccc6oc7ccc(-c8ccccc8)cc7c6c5)cc4c4c5c(ccc43)C3(c4ccccc4-c4ccccc43)c3ccccc3-5)cc2)cc1. The molecule has 0 saturated carbocycles. The van der Waals surface area contributed by atoms with E-state index in [1.807, 2.05) is 0 Å². The third kappa shape index (κ3) is 5.46. The van der Waals surface area contributed by atoms with Crippen LogP contribution in [0.15, 0.2) is 259 Å². The van der Waals surface area contributed by atoms with Gasteiger partial charge in [0.2, 0.25) is 0 Å². The summed E-state index contributed by atoms with van der Waals surface area (Å²) in [6, 6.07) is 93.5. The maximum absolute atomic E-state index is 6.51. The second-order valence-corrected chi connectivity index (χ2v) is 18.7. The van der Waals surface area contributed by atoms with Gasteiger partial charge in [-0.2, -0.15) is 0 Å². The van der Waals surface area contributed by atoms with Gasteiger partial charge in [-0.1, -0.05) is 176 Å². The molecule has 326 valence electrons. The maximum atomic E-state index is 6.51. The molecule has 0 amide bonds. The number of rotatable bonds is 6. The van der Waals surface area contributed by atoms with E-state index in [2.05, 4.69) is 264 Å². The zero-order chi connectivity index (χ0) is 45.9. The topological polar surface area (TPSA) is 21.3 Å².